The summed E-state index contributed by atoms with van der Waals surface area (Å²) in [6.07, 6.45) is 3.55. The number of esters is 1. The molecule has 2 saturated heterocycles. The molecule has 0 aromatic carbocycles. The van der Waals surface area contributed by atoms with E-state index in [2.05, 4.69) is 19.2 Å². The third kappa shape index (κ3) is 2.32. The zero-order valence-corrected chi connectivity index (χ0v) is 12.9. The summed E-state index contributed by atoms with van der Waals surface area (Å²) in [5, 5.41) is 3.93. The number of thioether (sulfide) groups is 1. The van der Waals surface area contributed by atoms with Crippen LogP contribution < -0.4 is 5.32 Å². The van der Waals surface area contributed by atoms with Crippen molar-refractivity contribution >= 4 is 35.1 Å². The number of hydrogen-bond acceptors (Lipinski definition) is 4. The molecular weight excluding hydrogens is 268 g/mol. The van der Waals surface area contributed by atoms with Crippen LogP contribution in [0.15, 0.2) is 0 Å². The number of thiocarbonyl (C=S) groups is 1. The third-order valence-electron chi connectivity index (χ3n) is 3.44. The first kappa shape index (κ1) is 13.9. The van der Waals surface area contributed by atoms with E-state index in [1.807, 2.05) is 18.1 Å². The van der Waals surface area contributed by atoms with Gasteiger partial charge in [0.05, 0.1) is 0 Å². The second-order valence-corrected chi connectivity index (χ2v) is 7.13. The summed E-state index contributed by atoms with van der Waals surface area (Å²) in [5.41, 5.74) is -0.733. The zero-order chi connectivity index (χ0) is 13.6. The fourth-order valence-electron chi connectivity index (χ4n) is 2.94. The molecule has 0 aromatic rings. The van der Waals surface area contributed by atoms with E-state index in [4.69, 9.17) is 17.0 Å². The summed E-state index contributed by atoms with van der Waals surface area (Å²) in [6.45, 7) is 6.11. The van der Waals surface area contributed by atoms with Gasteiger partial charge in [0.15, 0.2) is 10.8 Å². The molecule has 0 saturated carbocycles. The second kappa shape index (κ2) is 4.56. The van der Waals surface area contributed by atoms with E-state index in [-0.39, 0.29) is 17.6 Å². The number of ether oxygens (including phenoxy) is 1. The van der Waals surface area contributed by atoms with Crippen LogP contribution in [0.1, 0.15) is 33.6 Å². The van der Waals surface area contributed by atoms with E-state index in [0.29, 0.717) is 5.11 Å². The fourth-order valence-corrected chi connectivity index (χ4v) is 3.99. The van der Waals surface area contributed by atoms with Crippen molar-refractivity contribution in [1.82, 2.24) is 10.2 Å². The van der Waals surface area contributed by atoms with Gasteiger partial charge in [-0.3, -0.25) is 4.90 Å². The number of nitrogens with one attached hydrogen (secondary N) is 1. The van der Waals surface area contributed by atoms with Crippen molar-refractivity contribution in [2.24, 2.45) is 0 Å². The maximum Gasteiger partial charge on any atom is 0.331 e. The lowest BCUT2D eigenvalue weighted by Crippen LogP contribution is -2.66. The smallest absolute Gasteiger partial charge is 0.331 e. The van der Waals surface area contributed by atoms with Gasteiger partial charge in [0, 0.05) is 12.0 Å². The monoisotopic (exact) mass is 288 g/mol. The van der Waals surface area contributed by atoms with Gasteiger partial charge in [-0.25, -0.2) is 4.79 Å². The molecule has 4 nitrogen and oxygen atoms in total. The molecule has 2 rings (SSSR count). The van der Waals surface area contributed by atoms with Crippen LogP contribution in [0.3, 0.4) is 0 Å². The average molecular weight is 288 g/mol. The van der Waals surface area contributed by atoms with Crippen LogP contribution in [-0.2, 0) is 9.53 Å². The summed E-state index contributed by atoms with van der Waals surface area (Å²) in [4.78, 5) is 14.0. The van der Waals surface area contributed by atoms with E-state index in [1.54, 1.807) is 11.8 Å². The van der Waals surface area contributed by atoms with Gasteiger partial charge < -0.3 is 10.1 Å². The molecule has 0 amide bonds. The minimum absolute atomic E-state index is 0.142. The predicted molar refractivity (Wildman–Crippen MR) is 77.6 cm³/mol. The Labute approximate surface area is 118 Å². The number of nitrogens with zero attached hydrogens (tertiary/aromatic N) is 1. The van der Waals surface area contributed by atoms with Crippen molar-refractivity contribution in [1.29, 1.82) is 0 Å². The highest BCUT2D eigenvalue weighted by molar-refractivity contribution is 7.98. The van der Waals surface area contributed by atoms with Crippen molar-refractivity contribution in [3.05, 3.63) is 0 Å². The Kier molecular flexibility index (Phi) is 3.53. The molecule has 0 radical (unpaired) electrons. The molecule has 0 spiro atoms. The molecule has 18 heavy (non-hydrogen) atoms. The van der Waals surface area contributed by atoms with Crippen molar-refractivity contribution in [3.8, 4) is 0 Å². The van der Waals surface area contributed by atoms with E-state index in [0.717, 1.165) is 18.6 Å². The summed E-state index contributed by atoms with van der Waals surface area (Å²) in [5.74, 6) is 0.784. The van der Waals surface area contributed by atoms with Crippen LogP contribution in [0.4, 0.5) is 0 Å². The van der Waals surface area contributed by atoms with E-state index in [9.17, 15) is 4.79 Å². The Hall–Kier alpha value is -0.490. The predicted octanol–water partition coefficient (Wildman–Crippen LogP) is 1.74. The Morgan fingerprint density at radius 1 is 1.56 bits per heavy atom. The Bertz CT molecular complexity index is 386. The van der Waals surface area contributed by atoms with Crippen LogP contribution >= 0.6 is 24.0 Å². The number of carbonyl (C=O) groups excluding carboxylic acids is 1. The largest absolute Gasteiger partial charge is 0.437 e. The van der Waals surface area contributed by atoms with Gasteiger partial charge in [0.1, 0.15) is 6.04 Å². The van der Waals surface area contributed by atoms with Gasteiger partial charge in [-0.2, -0.15) is 11.8 Å². The van der Waals surface area contributed by atoms with Crippen LogP contribution in [0.5, 0.6) is 0 Å². The molecule has 2 heterocycles. The minimum Gasteiger partial charge on any atom is -0.437 e. The van der Waals surface area contributed by atoms with Crippen molar-refractivity contribution in [2.75, 3.05) is 12.0 Å². The quantitative estimate of drug-likeness (QED) is 0.630. The molecule has 1 N–H and O–H groups in total. The van der Waals surface area contributed by atoms with Gasteiger partial charge in [-0.1, -0.05) is 0 Å². The first-order valence-corrected chi connectivity index (χ1v) is 7.92. The molecule has 0 unspecified atom stereocenters. The van der Waals surface area contributed by atoms with Crippen LogP contribution in [0.2, 0.25) is 0 Å². The Morgan fingerprint density at radius 2 is 2.22 bits per heavy atom. The van der Waals surface area contributed by atoms with Gasteiger partial charge in [-0.05, 0) is 51.4 Å². The molecule has 0 aromatic heterocycles. The third-order valence-corrected chi connectivity index (χ3v) is 4.39. The van der Waals surface area contributed by atoms with Gasteiger partial charge in [-0.15, -0.1) is 0 Å². The normalized spacial score (nSPS) is 34.0. The molecule has 2 aliphatic heterocycles. The van der Waals surface area contributed by atoms with Crippen LogP contribution in [-0.4, -0.2) is 45.3 Å². The van der Waals surface area contributed by atoms with E-state index >= 15 is 0 Å². The molecule has 2 atom stereocenters. The Morgan fingerprint density at radius 3 is 2.83 bits per heavy atom. The first-order chi connectivity index (χ1) is 8.29. The highest BCUT2D eigenvalue weighted by Crippen LogP contribution is 2.40. The summed E-state index contributed by atoms with van der Waals surface area (Å²) in [6, 6.07) is -0.237. The molecule has 102 valence electrons. The number of hydrogen-bond donors (Lipinski definition) is 1. The lowest BCUT2D eigenvalue weighted by Gasteiger charge is -2.48. The average Bonchev–Trinajstić information content (AvgIpc) is 2.43. The van der Waals surface area contributed by atoms with Crippen LogP contribution in [0.25, 0.3) is 0 Å². The molecule has 2 aliphatic rings. The zero-order valence-electron chi connectivity index (χ0n) is 11.3. The molecule has 6 heteroatoms. The van der Waals surface area contributed by atoms with Crippen molar-refractivity contribution in [3.63, 3.8) is 0 Å². The summed E-state index contributed by atoms with van der Waals surface area (Å²) in [7, 11) is 0. The van der Waals surface area contributed by atoms with E-state index < -0.39 is 5.72 Å². The highest BCUT2D eigenvalue weighted by atomic mass is 32.2. The van der Waals surface area contributed by atoms with Gasteiger partial charge >= 0.3 is 5.97 Å². The lowest BCUT2D eigenvalue weighted by molar-refractivity contribution is -0.153. The number of rotatable bonds is 3. The van der Waals surface area contributed by atoms with Gasteiger partial charge in [0.2, 0.25) is 0 Å². The maximum absolute atomic E-state index is 12.0. The number of carbonyl (C=O) groups is 1. The lowest BCUT2D eigenvalue weighted by atomic mass is 9.90. The molecule has 2 fully saturated rings. The standard InChI is InChI=1S/C12H20N2O2S2/c1-11(2)7-12(3)14(10(17)13-11)8(5-6-18-4)9(15)16-12/h8H,5-7H2,1-4H3,(H,13,17)/t8-,12-/m1/s1. The fraction of sp³-hybridized carbons (Fsp3) is 0.833. The summed E-state index contributed by atoms with van der Waals surface area (Å²) < 4.78 is 5.62. The highest BCUT2D eigenvalue weighted by Gasteiger charge is 2.56. The summed E-state index contributed by atoms with van der Waals surface area (Å²) >= 11 is 7.15. The van der Waals surface area contributed by atoms with Crippen molar-refractivity contribution in [2.45, 2.75) is 50.9 Å². The minimum atomic E-state index is -0.591. The molecule has 0 aliphatic carbocycles. The van der Waals surface area contributed by atoms with E-state index in [1.165, 1.54) is 0 Å². The number of fused-ring (bicyclic) bond motifs is 1. The Balaban J connectivity index is 2.25. The van der Waals surface area contributed by atoms with Gasteiger partial charge in [0.25, 0.3) is 0 Å². The maximum atomic E-state index is 12.0. The van der Waals surface area contributed by atoms with Crippen molar-refractivity contribution < 1.29 is 9.53 Å². The topological polar surface area (TPSA) is 41.6 Å². The SMILES string of the molecule is CSCC[C@@H]1C(=O)O[C@]2(C)CC(C)(C)NC(=S)N12. The molecule has 0 bridgehead atoms. The molecular formula is C12H20N2O2S2. The van der Waals surface area contributed by atoms with Crippen LogP contribution in [0, 0.1) is 0 Å². The second-order valence-electron chi connectivity index (χ2n) is 5.75. The first-order valence-electron chi connectivity index (χ1n) is 6.12.